The van der Waals surface area contributed by atoms with Crippen LogP contribution in [0, 0.1) is 23.7 Å². The Kier molecular flexibility index (Phi) is 5.41. The van der Waals surface area contributed by atoms with Crippen LogP contribution in [0.1, 0.15) is 43.0 Å². The lowest BCUT2D eigenvalue weighted by atomic mass is 9.99. The second-order valence-corrected chi connectivity index (χ2v) is 5.49. The third-order valence-corrected chi connectivity index (χ3v) is 3.71. The van der Waals surface area contributed by atoms with Crippen molar-refractivity contribution in [3.05, 3.63) is 106 Å². The molecule has 0 saturated heterocycles. The van der Waals surface area contributed by atoms with E-state index in [1.54, 1.807) is 12.1 Å². The molecule has 122 valence electrons. The predicted octanol–water partition coefficient (Wildman–Crippen LogP) is 4.11. The van der Waals surface area contributed by atoms with Gasteiger partial charge in [-0.3, -0.25) is 9.59 Å². The minimum absolute atomic E-state index is 0.413. The summed E-state index contributed by atoms with van der Waals surface area (Å²) in [5.74, 6) is 11.9. The average molecular weight is 334 g/mol. The van der Waals surface area contributed by atoms with E-state index in [4.69, 9.17) is 0 Å². The molecule has 0 unspecified atom stereocenters. The monoisotopic (exact) mass is 334 g/mol. The van der Waals surface area contributed by atoms with Crippen LogP contribution in [-0.4, -0.2) is 12.6 Å². The molecule has 0 aliphatic rings. The summed E-state index contributed by atoms with van der Waals surface area (Å²) in [7, 11) is 0. The van der Waals surface area contributed by atoms with Gasteiger partial charge in [0.25, 0.3) is 0 Å². The zero-order chi connectivity index (χ0) is 18.2. The normalized spacial score (nSPS) is 9.23. The van der Waals surface area contributed by atoms with Gasteiger partial charge in [0, 0.05) is 33.4 Å². The number of hydrogen-bond donors (Lipinski definition) is 0. The van der Waals surface area contributed by atoms with Gasteiger partial charge in [-0.15, -0.1) is 0 Å². The van der Waals surface area contributed by atoms with Crippen molar-refractivity contribution in [2.24, 2.45) is 0 Å². The maximum absolute atomic E-state index is 11.5. The van der Waals surface area contributed by atoms with Crippen molar-refractivity contribution < 1.29 is 9.59 Å². The quantitative estimate of drug-likeness (QED) is 0.522. The van der Waals surface area contributed by atoms with E-state index in [0.717, 1.165) is 23.7 Å². The summed E-state index contributed by atoms with van der Waals surface area (Å²) < 4.78 is 0. The first-order valence-electron chi connectivity index (χ1n) is 8.02. The van der Waals surface area contributed by atoms with E-state index < -0.39 is 0 Å². The molecule has 3 rings (SSSR count). The SMILES string of the molecule is O=Cc1cc(C#Cc2ccccc2)c(C=O)cc1C#Cc1ccccc1. The van der Waals surface area contributed by atoms with Crippen molar-refractivity contribution in [3.8, 4) is 23.7 Å². The largest absolute Gasteiger partial charge is 0.298 e. The maximum Gasteiger partial charge on any atom is 0.151 e. The molecule has 0 aromatic heterocycles. The Bertz CT molecular complexity index is 968. The molecule has 0 bridgehead atoms. The van der Waals surface area contributed by atoms with Crippen molar-refractivity contribution >= 4 is 12.6 Å². The van der Waals surface area contributed by atoms with E-state index in [9.17, 15) is 9.59 Å². The summed E-state index contributed by atoms with van der Waals surface area (Å²) >= 11 is 0. The third kappa shape index (κ3) is 4.15. The fraction of sp³-hybridized carbons (Fsp3) is 0. The van der Waals surface area contributed by atoms with Crippen LogP contribution >= 0.6 is 0 Å². The molecule has 26 heavy (non-hydrogen) atoms. The molecule has 2 heteroatoms. The molecule has 3 aromatic carbocycles. The predicted molar refractivity (Wildman–Crippen MR) is 102 cm³/mol. The number of rotatable bonds is 2. The van der Waals surface area contributed by atoms with Gasteiger partial charge >= 0.3 is 0 Å². The number of carbonyl (C=O) groups excluding carboxylic acids is 2. The van der Waals surface area contributed by atoms with Crippen molar-refractivity contribution in [3.63, 3.8) is 0 Å². The first kappa shape index (κ1) is 17.0. The van der Waals surface area contributed by atoms with Crippen molar-refractivity contribution in [2.75, 3.05) is 0 Å². The topological polar surface area (TPSA) is 34.1 Å². The van der Waals surface area contributed by atoms with Gasteiger partial charge in [0.05, 0.1) is 0 Å². The molecule has 0 aliphatic heterocycles. The lowest BCUT2D eigenvalue weighted by Crippen LogP contribution is -1.96. The first-order chi connectivity index (χ1) is 12.8. The molecule has 0 aliphatic carbocycles. The van der Waals surface area contributed by atoms with Crippen molar-refractivity contribution in [1.29, 1.82) is 0 Å². The molecule has 0 N–H and O–H groups in total. The van der Waals surface area contributed by atoms with Crippen LogP contribution in [0.15, 0.2) is 72.8 Å². The minimum Gasteiger partial charge on any atom is -0.298 e. The minimum atomic E-state index is 0.413. The zero-order valence-corrected chi connectivity index (χ0v) is 13.9. The highest BCUT2D eigenvalue weighted by Gasteiger charge is 2.06. The van der Waals surface area contributed by atoms with Crippen LogP contribution in [0.5, 0.6) is 0 Å². The van der Waals surface area contributed by atoms with Crippen LogP contribution in [-0.2, 0) is 0 Å². The summed E-state index contributed by atoms with van der Waals surface area (Å²) in [6.45, 7) is 0. The van der Waals surface area contributed by atoms with Crippen LogP contribution in [0.3, 0.4) is 0 Å². The van der Waals surface area contributed by atoms with E-state index in [0.29, 0.717) is 22.3 Å². The van der Waals surface area contributed by atoms with Gasteiger partial charge in [-0.25, -0.2) is 0 Å². The second-order valence-electron chi connectivity index (χ2n) is 5.49. The second kappa shape index (κ2) is 8.29. The molecule has 0 heterocycles. The fourth-order valence-electron chi connectivity index (χ4n) is 2.37. The first-order valence-corrected chi connectivity index (χ1v) is 8.02. The van der Waals surface area contributed by atoms with E-state index in [-0.39, 0.29) is 0 Å². The Balaban J connectivity index is 2.02. The summed E-state index contributed by atoms with van der Waals surface area (Å²) in [4.78, 5) is 22.9. The highest BCUT2D eigenvalue weighted by Crippen LogP contribution is 2.14. The maximum atomic E-state index is 11.5. The molecular formula is C24H14O2. The molecule has 0 amide bonds. The molecule has 2 nitrogen and oxygen atoms in total. The Labute approximate surface area is 152 Å². The lowest BCUT2D eigenvalue weighted by molar-refractivity contribution is 0.111. The Morgan fingerprint density at radius 2 is 0.923 bits per heavy atom. The van der Waals surface area contributed by atoms with Crippen molar-refractivity contribution in [2.45, 2.75) is 0 Å². The molecule has 0 fully saturated rings. The number of carbonyl (C=O) groups is 2. The summed E-state index contributed by atoms with van der Waals surface area (Å²) in [6, 6.07) is 22.1. The molecular weight excluding hydrogens is 320 g/mol. The third-order valence-electron chi connectivity index (χ3n) is 3.71. The fourth-order valence-corrected chi connectivity index (χ4v) is 2.37. The molecule has 0 saturated carbocycles. The number of benzene rings is 3. The molecule has 0 radical (unpaired) electrons. The van der Waals surface area contributed by atoms with Crippen LogP contribution in [0.2, 0.25) is 0 Å². The van der Waals surface area contributed by atoms with Gasteiger partial charge in [0.15, 0.2) is 12.6 Å². The number of hydrogen-bond acceptors (Lipinski definition) is 2. The highest BCUT2D eigenvalue weighted by molar-refractivity contribution is 5.87. The summed E-state index contributed by atoms with van der Waals surface area (Å²) in [6.07, 6.45) is 1.47. The molecule has 3 aromatic rings. The molecule has 0 atom stereocenters. The van der Waals surface area contributed by atoms with E-state index in [2.05, 4.69) is 23.7 Å². The van der Waals surface area contributed by atoms with Crippen LogP contribution < -0.4 is 0 Å². The van der Waals surface area contributed by atoms with Gasteiger partial charge in [0.2, 0.25) is 0 Å². The highest BCUT2D eigenvalue weighted by atomic mass is 16.1. The lowest BCUT2D eigenvalue weighted by Gasteiger charge is -2.02. The smallest absolute Gasteiger partial charge is 0.151 e. The van der Waals surface area contributed by atoms with Crippen LogP contribution in [0.4, 0.5) is 0 Å². The molecule has 0 spiro atoms. The Morgan fingerprint density at radius 3 is 1.27 bits per heavy atom. The van der Waals surface area contributed by atoms with Crippen molar-refractivity contribution in [1.82, 2.24) is 0 Å². The number of aldehydes is 2. The van der Waals surface area contributed by atoms with Gasteiger partial charge < -0.3 is 0 Å². The van der Waals surface area contributed by atoms with E-state index in [1.807, 2.05) is 60.7 Å². The van der Waals surface area contributed by atoms with Gasteiger partial charge in [-0.2, -0.15) is 0 Å². The summed E-state index contributed by atoms with van der Waals surface area (Å²) in [5.41, 5.74) is 3.52. The van der Waals surface area contributed by atoms with Gasteiger partial charge in [-0.05, 0) is 36.4 Å². The summed E-state index contributed by atoms with van der Waals surface area (Å²) in [5, 5.41) is 0. The van der Waals surface area contributed by atoms with Crippen LogP contribution in [0.25, 0.3) is 0 Å². The average Bonchev–Trinajstić information content (AvgIpc) is 2.72. The standard InChI is InChI=1S/C24H14O2/c25-17-23-16-22(14-12-20-9-5-2-6-10-20)24(18-26)15-21(23)13-11-19-7-3-1-4-8-19/h1-10,15-18H. The zero-order valence-electron chi connectivity index (χ0n) is 13.9. The van der Waals surface area contributed by atoms with Gasteiger partial charge in [-0.1, -0.05) is 60.1 Å². The van der Waals surface area contributed by atoms with E-state index in [1.165, 1.54) is 0 Å². The Hall–Kier alpha value is -3.88. The van der Waals surface area contributed by atoms with Gasteiger partial charge in [0.1, 0.15) is 0 Å². The Morgan fingerprint density at radius 1 is 0.538 bits per heavy atom. The van der Waals surface area contributed by atoms with E-state index >= 15 is 0 Å².